The lowest BCUT2D eigenvalue weighted by Crippen LogP contribution is -2.40. The fraction of sp³-hybridized carbons (Fsp3) is 0.667. The zero-order valence-corrected chi connectivity index (χ0v) is 12.9. The maximum atomic E-state index is 12.1. The van der Waals surface area contributed by atoms with E-state index in [9.17, 15) is 8.42 Å². The van der Waals surface area contributed by atoms with Gasteiger partial charge in [0.2, 0.25) is 10.0 Å². The number of sulfonamides is 1. The molecule has 1 saturated carbocycles. The quantitative estimate of drug-likeness (QED) is 0.787. The van der Waals surface area contributed by atoms with E-state index >= 15 is 0 Å². The first-order chi connectivity index (χ1) is 8.94. The van der Waals surface area contributed by atoms with Crippen LogP contribution >= 0.6 is 11.3 Å². The maximum Gasteiger partial charge on any atom is 0.250 e. The minimum atomic E-state index is -3.40. The van der Waals surface area contributed by atoms with Crippen LogP contribution < -0.4 is 10.5 Å². The van der Waals surface area contributed by atoms with E-state index in [1.54, 1.807) is 12.1 Å². The third-order valence-corrected chi connectivity index (χ3v) is 6.51. The molecule has 7 heteroatoms. The summed E-state index contributed by atoms with van der Waals surface area (Å²) >= 11 is 1.23. The van der Waals surface area contributed by atoms with Gasteiger partial charge in [-0.05, 0) is 38.9 Å². The van der Waals surface area contributed by atoms with Crippen molar-refractivity contribution in [3.63, 3.8) is 0 Å². The van der Waals surface area contributed by atoms with E-state index in [0.717, 1.165) is 4.88 Å². The Kier molecular flexibility index (Phi) is 4.62. The zero-order chi connectivity index (χ0) is 14.0. The number of nitrogens with one attached hydrogen (secondary N) is 1. The van der Waals surface area contributed by atoms with Crippen LogP contribution in [-0.4, -0.2) is 39.0 Å². The summed E-state index contributed by atoms with van der Waals surface area (Å²) in [6, 6.07) is 4.21. The van der Waals surface area contributed by atoms with E-state index in [4.69, 9.17) is 5.73 Å². The Labute approximate surface area is 118 Å². The van der Waals surface area contributed by atoms with Crippen molar-refractivity contribution in [3.05, 3.63) is 17.0 Å². The molecule has 2 rings (SSSR count). The molecule has 19 heavy (non-hydrogen) atoms. The summed E-state index contributed by atoms with van der Waals surface area (Å²) in [7, 11) is -1.35. The summed E-state index contributed by atoms with van der Waals surface area (Å²) in [5, 5.41) is 0. The smallest absolute Gasteiger partial charge is 0.250 e. The average molecular weight is 303 g/mol. The van der Waals surface area contributed by atoms with Crippen LogP contribution in [-0.2, 0) is 16.6 Å². The lowest BCUT2D eigenvalue weighted by Gasteiger charge is -2.24. The molecule has 1 atom stereocenters. The molecule has 1 fully saturated rings. The molecule has 108 valence electrons. The lowest BCUT2D eigenvalue weighted by molar-refractivity contribution is 0.248. The molecule has 0 aromatic carbocycles. The molecule has 0 amide bonds. The van der Waals surface area contributed by atoms with Gasteiger partial charge in [-0.2, -0.15) is 0 Å². The van der Waals surface area contributed by atoms with Crippen LogP contribution in [0, 0.1) is 0 Å². The van der Waals surface area contributed by atoms with E-state index in [1.807, 2.05) is 14.0 Å². The predicted octanol–water partition coefficient (Wildman–Crippen LogP) is 0.968. The number of hydrogen-bond donors (Lipinski definition) is 2. The molecular weight excluding hydrogens is 282 g/mol. The Morgan fingerprint density at radius 3 is 2.74 bits per heavy atom. The Morgan fingerprint density at radius 1 is 1.53 bits per heavy atom. The fourth-order valence-corrected chi connectivity index (χ4v) is 4.30. The molecule has 0 radical (unpaired) electrons. The summed E-state index contributed by atoms with van der Waals surface area (Å²) < 4.78 is 27.2. The number of nitrogens with zero attached hydrogens (tertiary/aromatic N) is 1. The topological polar surface area (TPSA) is 75.4 Å². The Hall–Kier alpha value is -0.470. The van der Waals surface area contributed by atoms with E-state index in [-0.39, 0.29) is 6.04 Å². The Bertz CT molecular complexity index is 523. The Morgan fingerprint density at radius 2 is 2.21 bits per heavy atom. The third-order valence-electron chi connectivity index (χ3n) is 3.49. The van der Waals surface area contributed by atoms with E-state index in [2.05, 4.69) is 9.62 Å². The van der Waals surface area contributed by atoms with Gasteiger partial charge in [0.05, 0.1) is 0 Å². The number of hydrogen-bond acceptors (Lipinski definition) is 5. The second-order valence-electron chi connectivity index (χ2n) is 5.02. The van der Waals surface area contributed by atoms with Gasteiger partial charge in [0.25, 0.3) is 0 Å². The SMILES string of the molecule is CC(CNS(=O)(=O)c1ccc(CN)s1)N(C)C1CC1. The van der Waals surface area contributed by atoms with Crippen molar-refractivity contribution in [2.75, 3.05) is 13.6 Å². The van der Waals surface area contributed by atoms with Crippen molar-refractivity contribution in [3.8, 4) is 0 Å². The van der Waals surface area contributed by atoms with Gasteiger partial charge in [-0.1, -0.05) is 0 Å². The molecule has 0 aliphatic heterocycles. The highest BCUT2D eigenvalue weighted by molar-refractivity contribution is 7.91. The van der Waals surface area contributed by atoms with Crippen molar-refractivity contribution in [1.82, 2.24) is 9.62 Å². The van der Waals surface area contributed by atoms with Gasteiger partial charge in [-0.25, -0.2) is 13.1 Å². The number of rotatable bonds is 7. The van der Waals surface area contributed by atoms with Gasteiger partial charge in [0.1, 0.15) is 4.21 Å². The molecule has 1 aliphatic rings. The molecule has 1 unspecified atom stereocenters. The first-order valence-corrected chi connectivity index (χ1v) is 8.74. The Balaban J connectivity index is 1.93. The standard InChI is InChI=1S/C12H21N3O2S2/c1-9(15(2)10-3-4-10)8-14-19(16,17)12-6-5-11(7-13)18-12/h5-6,9-10,14H,3-4,7-8,13H2,1-2H3. The summed E-state index contributed by atoms with van der Waals surface area (Å²) in [4.78, 5) is 3.12. The first-order valence-electron chi connectivity index (χ1n) is 6.44. The molecular formula is C12H21N3O2S2. The highest BCUT2D eigenvalue weighted by atomic mass is 32.2. The van der Waals surface area contributed by atoms with Crippen molar-refractivity contribution in [1.29, 1.82) is 0 Å². The minimum Gasteiger partial charge on any atom is -0.326 e. The van der Waals surface area contributed by atoms with Crippen LogP contribution in [0.25, 0.3) is 0 Å². The minimum absolute atomic E-state index is 0.205. The normalized spacial score (nSPS) is 17.9. The van der Waals surface area contributed by atoms with Crippen molar-refractivity contribution in [2.24, 2.45) is 5.73 Å². The predicted molar refractivity (Wildman–Crippen MR) is 77.6 cm³/mol. The number of nitrogens with two attached hydrogens (primary N) is 1. The summed E-state index contributed by atoms with van der Waals surface area (Å²) in [6.45, 7) is 2.85. The molecule has 0 bridgehead atoms. The molecule has 1 aromatic rings. The van der Waals surface area contributed by atoms with Crippen molar-refractivity contribution < 1.29 is 8.42 Å². The fourth-order valence-electron chi connectivity index (χ4n) is 1.90. The molecule has 1 heterocycles. The van der Waals surface area contributed by atoms with Crippen LogP contribution in [0.15, 0.2) is 16.3 Å². The van der Waals surface area contributed by atoms with Crippen LogP contribution in [0.5, 0.6) is 0 Å². The van der Waals surface area contributed by atoms with Gasteiger partial charge in [-0.15, -0.1) is 11.3 Å². The summed E-state index contributed by atoms with van der Waals surface area (Å²) in [5.74, 6) is 0. The van der Waals surface area contributed by atoms with Gasteiger partial charge in [0, 0.05) is 30.1 Å². The first kappa shape index (κ1) is 14.9. The highest BCUT2D eigenvalue weighted by Gasteiger charge is 2.29. The molecule has 5 nitrogen and oxygen atoms in total. The van der Waals surface area contributed by atoms with E-state index < -0.39 is 10.0 Å². The monoisotopic (exact) mass is 303 g/mol. The number of likely N-dealkylation sites (N-methyl/N-ethyl adjacent to an activating group) is 1. The summed E-state index contributed by atoms with van der Waals surface area (Å²) in [5.41, 5.74) is 5.50. The van der Waals surface area contributed by atoms with Crippen molar-refractivity contribution in [2.45, 2.75) is 42.6 Å². The molecule has 0 saturated heterocycles. The second-order valence-corrected chi connectivity index (χ2v) is 8.18. The van der Waals surface area contributed by atoms with Crippen LogP contribution in [0.1, 0.15) is 24.6 Å². The third kappa shape index (κ3) is 3.76. The van der Waals surface area contributed by atoms with E-state index in [0.29, 0.717) is 23.3 Å². The van der Waals surface area contributed by atoms with Crippen LogP contribution in [0.2, 0.25) is 0 Å². The molecule has 1 aliphatic carbocycles. The van der Waals surface area contributed by atoms with Crippen LogP contribution in [0.3, 0.4) is 0 Å². The van der Waals surface area contributed by atoms with Gasteiger partial charge in [-0.3, -0.25) is 4.90 Å². The summed E-state index contributed by atoms with van der Waals surface area (Å²) in [6.07, 6.45) is 2.44. The highest BCUT2D eigenvalue weighted by Crippen LogP contribution is 2.27. The largest absolute Gasteiger partial charge is 0.326 e. The number of thiophene rings is 1. The van der Waals surface area contributed by atoms with Gasteiger partial charge < -0.3 is 5.73 Å². The van der Waals surface area contributed by atoms with E-state index in [1.165, 1.54) is 24.2 Å². The van der Waals surface area contributed by atoms with Gasteiger partial charge >= 0.3 is 0 Å². The van der Waals surface area contributed by atoms with Gasteiger partial charge in [0.15, 0.2) is 0 Å². The lowest BCUT2D eigenvalue weighted by atomic mass is 10.3. The van der Waals surface area contributed by atoms with Crippen molar-refractivity contribution >= 4 is 21.4 Å². The molecule has 3 N–H and O–H groups in total. The molecule has 1 aromatic heterocycles. The van der Waals surface area contributed by atoms with Crippen LogP contribution in [0.4, 0.5) is 0 Å². The average Bonchev–Trinajstić information content (AvgIpc) is 3.11. The zero-order valence-electron chi connectivity index (χ0n) is 11.3. The second kappa shape index (κ2) is 5.88. The maximum absolute atomic E-state index is 12.1. The molecule has 0 spiro atoms.